The van der Waals surface area contributed by atoms with Crippen LogP contribution in [-0.4, -0.2) is 51.2 Å². The van der Waals surface area contributed by atoms with Crippen LogP contribution in [0.3, 0.4) is 0 Å². The summed E-state index contributed by atoms with van der Waals surface area (Å²) in [6, 6.07) is 8.87. The molecule has 2 N–H and O–H groups in total. The minimum Gasteiger partial charge on any atom is -0.389 e. The van der Waals surface area contributed by atoms with Crippen LogP contribution in [0.5, 0.6) is 0 Å². The van der Waals surface area contributed by atoms with E-state index in [0.717, 1.165) is 56.9 Å². The molecule has 1 spiro atoms. The summed E-state index contributed by atoms with van der Waals surface area (Å²) in [5, 5.41) is 29.3. The van der Waals surface area contributed by atoms with Gasteiger partial charge in [-0.1, -0.05) is 63.3 Å². The van der Waals surface area contributed by atoms with E-state index in [1.807, 2.05) is 6.08 Å². The molecule has 3 saturated carbocycles. The average Bonchev–Trinajstić information content (AvgIpc) is 3.17. The highest BCUT2D eigenvalue weighted by Gasteiger charge is 2.65. The number of aliphatic hydroxyl groups is 2. The third-order valence-electron chi connectivity index (χ3n) is 11.8. The summed E-state index contributed by atoms with van der Waals surface area (Å²) in [6.45, 7) is 12.1. The number of hydrogen-bond donors (Lipinski definition) is 2. The Morgan fingerprint density at radius 2 is 1.73 bits per heavy atom. The van der Waals surface area contributed by atoms with Crippen molar-refractivity contribution in [2.75, 3.05) is 13.2 Å². The predicted molar refractivity (Wildman–Crippen MR) is 164 cm³/mol. The van der Waals surface area contributed by atoms with Gasteiger partial charge in [0.25, 0.3) is 0 Å². The van der Waals surface area contributed by atoms with Crippen LogP contribution in [0.15, 0.2) is 42.0 Å². The summed E-state index contributed by atoms with van der Waals surface area (Å²) in [5.41, 5.74) is 3.48. The highest BCUT2D eigenvalue weighted by molar-refractivity contribution is 7.98. The molecule has 2 heterocycles. The van der Waals surface area contributed by atoms with Crippen molar-refractivity contribution in [1.82, 2.24) is 0 Å². The molecule has 4 nitrogen and oxygen atoms in total. The van der Waals surface area contributed by atoms with Crippen molar-refractivity contribution >= 4 is 27.8 Å². The summed E-state index contributed by atoms with van der Waals surface area (Å²) >= 11 is 0. The number of benzene rings is 1. The Kier molecular flexibility index (Phi) is 6.32. The van der Waals surface area contributed by atoms with Crippen molar-refractivity contribution in [2.45, 2.75) is 101 Å². The van der Waals surface area contributed by atoms with Crippen LogP contribution in [0.25, 0.3) is 6.08 Å². The fourth-order valence-corrected chi connectivity index (χ4v) is 10.1. The maximum absolute atomic E-state index is 12.4. The van der Waals surface area contributed by atoms with Gasteiger partial charge in [0.1, 0.15) is 0 Å². The molecule has 2 aliphatic heterocycles. The molecular formula is C35H46O4S. The molecule has 0 amide bonds. The lowest BCUT2D eigenvalue weighted by atomic mass is 9.49. The van der Waals surface area contributed by atoms with Gasteiger partial charge in [0.05, 0.1) is 24.4 Å². The molecule has 1 aromatic rings. The number of fused-ring (bicyclic) bond motifs is 4. The maximum Gasteiger partial charge on any atom is 0.171 e. The Balaban J connectivity index is 1.29. The first-order valence-corrected chi connectivity index (χ1v) is 16.4. The average molecular weight is 563 g/mol. The van der Waals surface area contributed by atoms with Crippen molar-refractivity contribution in [3.8, 4) is 0 Å². The molecule has 4 fully saturated rings. The van der Waals surface area contributed by atoms with Gasteiger partial charge in [0.15, 0.2) is 5.79 Å². The van der Waals surface area contributed by atoms with Gasteiger partial charge < -0.3 is 19.7 Å². The van der Waals surface area contributed by atoms with Gasteiger partial charge in [0, 0.05) is 35.5 Å². The topological polar surface area (TPSA) is 58.9 Å². The molecular weight excluding hydrogens is 516 g/mol. The lowest BCUT2D eigenvalue weighted by Crippen LogP contribution is -2.58. The molecule has 6 atom stereocenters. The normalized spacial score (nSPS) is 41.5. The second-order valence-corrected chi connectivity index (χ2v) is 15.8. The summed E-state index contributed by atoms with van der Waals surface area (Å²) in [5.74, 6) is 0.771. The molecule has 3 unspecified atom stereocenters. The molecule has 0 bridgehead atoms. The van der Waals surface area contributed by atoms with Crippen LogP contribution in [0.4, 0.5) is 0 Å². The Bertz CT molecular complexity index is 1290. The van der Waals surface area contributed by atoms with Crippen LogP contribution >= 0.6 is 10.9 Å². The van der Waals surface area contributed by atoms with Gasteiger partial charge in [-0.05, 0) is 84.2 Å². The molecule has 40 heavy (non-hydrogen) atoms. The third kappa shape index (κ3) is 4.13. The van der Waals surface area contributed by atoms with Gasteiger partial charge in [-0.25, -0.2) is 0 Å². The van der Waals surface area contributed by atoms with E-state index in [1.54, 1.807) is 10.9 Å². The molecule has 1 aromatic carbocycles. The molecule has 7 rings (SSSR count). The molecule has 0 aromatic heterocycles. The van der Waals surface area contributed by atoms with E-state index >= 15 is 0 Å². The van der Waals surface area contributed by atoms with Gasteiger partial charge >= 0.3 is 0 Å². The van der Waals surface area contributed by atoms with Crippen LogP contribution in [0, 0.1) is 28.6 Å². The van der Waals surface area contributed by atoms with Crippen molar-refractivity contribution < 1.29 is 19.7 Å². The van der Waals surface area contributed by atoms with Gasteiger partial charge in [-0.15, -0.1) is 0 Å². The zero-order valence-corrected chi connectivity index (χ0v) is 25.3. The molecule has 6 aliphatic rings. The minimum atomic E-state index is -0.888. The van der Waals surface area contributed by atoms with E-state index in [0.29, 0.717) is 37.4 Å². The van der Waals surface area contributed by atoms with E-state index in [2.05, 4.69) is 62.4 Å². The minimum absolute atomic E-state index is 0.00769. The van der Waals surface area contributed by atoms with E-state index in [-0.39, 0.29) is 16.7 Å². The van der Waals surface area contributed by atoms with E-state index in [4.69, 9.17) is 9.47 Å². The Hall–Kier alpha value is -1.50. The summed E-state index contributed by atoms with van der Waals surface area (Å²) in [7, 11) is 1.77. The highest BCUT2D eigenvalue weighted by Crippen LogP contribution is 2.68. The number of hydrogen-bond acceptors (Lipinski definition) is 4. The Labute approximate surface area is 243 Å². The first-order valence-electron chi connectivity index (χ1n) is 15.5. The second kappa shape index (κ2) is 9.25. The SMILES string of the molecule is C=Cc1ccc([C@H]2C[C@@]3(C)C(CCC3(O)CC3C=S=C3)C3CC[C@@]4(O)CC5(CCC4=C32)OCC(C)(C)CO5)cc1. The fourth-order valence-electron chi connectivity index (χ4n) is 9.52. The zero-order valence-electron chi connectivity index (χ0n) is 24.5. The summed E-state index contributed by atoms with van der Waals surface area (Å²) in [6.07, 6.45) is 9.48. The second-order valence-electron chi connectivity index (χ2n) is 14.9. The lowest BCUT2D eigenvalue weighted by Gasteiger charge is -2.59. The molecule has 216 valence electrons. The number of ether oxygens (including phenoxy) is 2. The van der Waals surface area contributed by atoms with E-state index in [1.165, 1.54) is 16.7 Å². The molecule has 5 heteroatoms. The van der Waals surface area contributed by atoms with Crippen molar-refractivity contribution in [2.24, 2.45) is 28.6 Å². The molecule has 0 radical (unpaired) electrons. The largest absolute Gasteiger partial charge is 0.389 e. The zero-order chi connectivity index (χ0) is 28.0. The van der Waals surface area contributed by atoms with Gasteiger partial charge in [-0.3, -0.25) is 0 Å². The smallest absolute Gasteiger partial charge is 0.171 e. The summed E-state index contributed by atoms with van der Waals surface area (Å²) in [4.78, 5) is 0. The van der Waals surface area contributed by atoms with E-state index in [9.17, 15) is 10.2 Å². The standard InChI is InChI=1S/C35H46O4S/c1-5-23-6-8-25(9-7-23)27-17-32(4)28(11-14-34(32,37)16-24-18-40-19-24)26-10-13-33(36)20-35(15-12-29(33)30(26)27)38-21-31(2,3)22-39-35/h5-9,18-19,24,26-28,36-37H,1,10-17,20-22H2,2-4H3/t26?,27-,28?,32+,33-,34?/m1/s1. The molecule has 1 saturated heterocycles. The monoisotopic (exact) mass is 562 g/mol. The van der Waals surface area contributed by atoms with Crippen LogP contribution in [0.1, 0.15) is 95.6 Å². The van der Waals surface area contributed by atoms with Gasteiger partial charge in [-0.2, -0.15) is 10.9 Å². The quantitative estimate of drug-likeness (QED) is 0.316. The van der Waals surface area contributed by atoms with Crippen molar-refractivity contribution in [3.05, 3.63) is 53.1 Å². The highest BCUT2D eigenvalue weighted by atomic mass is 32.1. The first-order chi connectivity index (χ1) is 19.0. The van der Waals surface area contributed by atoms with Crippen LogP contribution in [-0.2, 0) is 9.47 Å². The third-order valence-corrected chi connectivity index (χ3v) is 12.9. The van der Waals surface area contributed by atoms with Crippen LogP contribution in [0.2, 0.25) is 0 Å². The predicted octanol–water partition coefficient (Wildman–Crippen LogP) is 6.71. The van der Waals surface area contributed by atoms with E-state index < -0.39 is 17.0 Å². The van der Waals surface area contributed by atoms with Crippen molar-refractivity contribution in [1.29, 1.82) is 0 Å². The van der Waals surface area contributed by atoms with Crippen molar-refractivity contribution in [3.63, 3.8) is 0 Å². The molecule has 4 aliphatic carbocycles. The lowest BCUT2D eigenvalue weighted by molar-refractivity contribution is -0.322. The first kappa shape index (κ1) is 27.3. The maximum atomic E-state index is 12.4. The Morgan fingerprint density at radius 3 is 2.38 bits per heavy atom. The Morgan fingerprint density at radius 1 is 1.00 bits per heavy atom. The number of allylic oxidation sites excluding steroid dienone is 1. The summed E-state index contributed by atoms with van der Waals surface area (Å²) < 4.78 is 12.8. The number of rotatable bonds is 4. The fraction of sp³-hybridized carbons (Fsp3) is 0.657. The van der Waals surface area contributed by atoms with Crippen LogP contribution < -0.4 is 0 Å². The van der Waals surface area contributed by atoms with Gasteiger partial charge in [0.2, 0.25) is 0 Å².